The summed E-state index contributed by atoms with van der Waals surface area (Å²) in [4.78, 5) is 18.0. The molecule has 0 N–H and O–H groups in total. The molecule has 148 valence electrons. The molecule has 2 aromatic carbocycles. The van der Waals surface area contributed by atoms with E-state index >= 15 is 0 Å². The maximum Gasteiger partial charge on any atom is 0.183 e. The lowest BCUT2D eigenvalue weighted by Crippen LogP contribution is -2.24. The molecule has 5 rings (SSSR count). The molecule has 1 unspecified atom stereocenters. The molecule has 5 nitrogen and oxygen atoms in total. The second-order valence-corrected chi connectivity index (χ2v) is 7.92. The second-order valence-electron chi connectivity index (χ2n) is 7.92. The quantitative estimate of drug-likeness (QED) is 0.628. The van der Waals surface area contributed by atoms with Crippen LogP contribution in [0.5, 0.6) is 5.75 Å². The highest BCUT2D eigenvalue weighted by atomic mass is 16.5. The molecule has 0 radical (unpaired) electrons. The number of imidazole rings is 1. The minimum absolute atomic E-state index is 0.0791. The number of fused-ring (bicyclic) bond motifs is 2. The van der Waals surface area contributed by atoms with Crippen LogP contribution in [0.4, 0.5) is 0 Å². The van der Waals surface area contributed by atoms with Gasteiger partial charge in [-0.2, -0.15) is 0 Å². The highest BCUT2D eigenvalue weighted by Crippen LogP contribution is 2.32. The largest absolute Gasteiger partial charge is 0.493 e. The number of carbonyl (C=O) groups is 1. The normalized spacial score (nSPS) is 17.9. The first-order valence-electron chi connectivity index (χ1n) is 10.2. The lowest BCUT2D eigenvalue weighted by Gasteiger charge is -2.25. The van der Waals surface area contributed by atoms with Crippen LogP contribution in [0.1, 0.15) is 33.9 Å². The van der Waals surface area contributed by atoms with Gasteiger partial charge in [-0.15, -0.1) is 0 Å². The Morgan fingerprint density at radius 1 is 1.21 bits per heavy atom. The Kier molecular flexibility index (Phi) is 4.68. The van der Waals surface area contributed by atoms with Crippen LogP contribution in [0.3, 0.4) is 0 Å². The van der Waals surface area contributed by atoms with Crippen LogP contribution >= 0.6 is 0 Å². The van der Waals surface area contributed by atoms with Crippen LogP contribution < -0.4 is 4.74 Å². The molecule has 0 saturated carbocycles. The van der Waals surface area contributed by atoms with Gasteiger partial charge in [0, 0.05) is 24.4 Å². The van der Waals surface area contributed by atoms with Crippen LogP contribution in [0.2, 0.25) is 0 Å². The molecule has 3 heterocycles. The Hall–Kier alpha value is -2.92. The molecule has 0 saturated heterocycles. The Labute approximate surface area is 170 Å². The first kappa shape index (κ1) is 18.1. The van der Waals surface area contributed by atoms with Gasteiger partial charge in [-0.1, -0.05) is 48.0 Å². The summed E-state index contributed by atoms with van der Waals surface area (Å²) < 4.78 is 13.6. The molecule has 0 fully saturated rings. The van der Waals surface area contributed by atoms with E-state index in [9.17, 15) is 4.79 Å². The van der Waals surface area contributed by atoms with E-state index in [2.05, 4.69) is 23.6 Å². The fourth-order valence-corrected chi connectivity index (χ4v) is 4.33. The van der Waals surface area contributed by atoms with Gasteiger partial charge < -0.3 is 14.0 Å². The summed E-state index contributed by atoms with van der Waals surface area (Å²) in [7, 11) is 0. The van der Waals surface area contributed by atoms with E-state index in [-0.39, 0.29) is 11.7 Å². The van der Waals surface area contributed by atoms with Gasteiger partial charge in [-0.05, 0) is 25.0 Å². The second kappa shape index (κ2) is 7.48. The fourth-order valence-electron chi connectivity index (χ4n) is 4.33. The Bertz CT molecular complexity index is 1060. The monoisotopic (exact) mass is 388 g/mol. The van der Waals surface area contributed by atoms with Crippen LogP contribution in [-0.2, 0) is 24.3 Å². The number of ketones is 1. The minimum atomic E-state index is 0.0791. The summed E-state index contributed by atoms with van der Waals surface area (Å²) in [5.41, 5.74) is 4.91. The summed E-state index contributed by atoms with van der Waals surface area (Å²) in [6, 6.07) is 16.3. The Morgan fingerprint density at radius 3 is 2.93 bits per heavy atom. The molecule has 1 atom stereocenters. The van der Waals surface area contributed by atoms with E-state index in [4.69, 9.17) is 14.5 Å². The molecule has 29 heavy (non-hydrogen) atoms. The number of aryl methyl sites for hydroxylation is 1. The van der Waals surface area contributed by atoms with E-state index in [1.807, 2.05) is 36.4 Å². The van der Waals surface area contributed by atoms with Crippen LogP contribution in [-0.4, -0.2) is 28.5 Å². The molecule has 3 aromatic rings. The predicted octanol–water partition coefficient (Wildman–Crippen LogP) is 4.21. The summed E-state index contributed by atoms with van der Waals surface area (Å²) in [5.74, 6) is 2.02. The third kappa shape index (κ3) is 3.47. The predicted molar refractivity (Wildman–Crippen MR) is 110 cm³/mol. The SMILES string of the molecule is Cc1ccc2c(c1)CC(CC(=O)c1nc3n(c1-c1ccccc1)CCOC3)CO2. The molecule has 1 aromatic heterocycles. The summed E-state index contributed by atoms with van der Waals surface area (Å²) in [6.07, 6.45) is 1.30. The number of aromatic nitrogens is 2. The maximum atomic E-state index is 13.3. The fraction of sp³-hybridized carbons (Fsp3) is 0.333. The summed E-state index contributed by atoms with van der Waals surface area (Å²) >= 11 is 0. The molecular weight excluding hydrogens is 364 g/mol. The zero-order chi connectivity index (χ0) is 19.8. The molecule has 0 amide bonds. The van der Waals surface area contributed by atoms with Crippen molar-refractivity contribution in [3.05, 3.63) is 71.2 Å². The average Bonchev–Trinajstić information content (AvgIpc) is 3.14. The topological polar surface area (TPSA) is 53.4 Å². The standard InChI is InChI=1S/C24H24N2O3/c1-16-7-8-21-19(11-16)12-17(14-29-21)13-20(27)23-24(18-5-3-2-4-6-18)26-9-10-28-15-22(26)25-23/h2-8,11,17H,9-10,12-15H2,1H3. The molecule has 2 aliphatic heterocycles. The van der Waals surface area contributed by atoms with Crippen molar-refractivity contribution in [2.24, 2.45) is 5.92 Å². The number of hydrogen-bond donors (Lipinski definition) is 0. The van der Waals surface area contributed by atoms with E-state index in [0.29, 0.717) is 31.9 Å². The molecule has 5 heteroatoms. The van der Waals surface area contributed by atoms with Gasteiger partial charge in [0.05, 0.1) is 18.9 Å². The van der Waals surface area contributed by atoms with Gasteiger partial charge in [-0.3, -0.25) is 4.79 Å². The molecular formula is C24H24N2O3. The lowest BCUT2D eigenvalue weighted by molar-refractivity contribution is 0.0821. The number of benzene rings is 2. The van der Waals surface area contributed by atoms with Crippen LogP contribution in [0, 0.1) is 12.8 Å². The first-order chi connectivity index (χ1) is 14.2. The van der Waals surface area contributed by atoms with Crippen molar-refractivity contribution in [1.82, 2.24) is 9.55 Å². The van der Waals surface area contributed by atoms with Crippen LogP contribution in [0.25, 0.3) is 11.3 Å². The number of Topliss-reactive ketones (excluding diaryl/α,β-unsaturated/α-hetero) is 1. The van der Waals surface area contributed by atoms with E-state index in [0.717, 1.165) is 35.8 Å². The van der Waals surface area contributed by atoms with Crippen LogP contribution in [0.15, 0.2) is 48.5 Å². The van der Waals surface area contributed by atoms with Crippen molar-refractivity contribution in [2.45, 2.75) is 32.9 Å². The minimum Gasteiger partial charge on any atom is -0.493 e. The third-order valence-corrected chi connectivity index (χ3v) is 5.72. The van der Waals surface area contributed by atoms with Gasteiger partial charge in [0.1, 0.15) is 23.9 Å². The van der Waals surface area contributed by atoms with E-state index < -0.39 is 0 Å². The zero-order valence-electron chi connectivity index (χ0n) is 16.6. The maximum absolute atomic E-state index is 13.3. The number of nitrogens with zero attached hydrogens (tertiary/aromatic N) is 2. The van der Waals surface area contributed by atoms with Crippen molar-refractivity contribution in [2.75, 3.05) is 13.2 Å². The van der Waals surface area contributed by atoms with E-state index in [1.54, 1.807) is 0 Å². The van der Waals surface area contributed by atoms with Gasteiger partial charge in [0.15, 0.2) is 5.78 Å². The Morgan fingerprint density at radius 2 is 2.07 bits per heavy atom. The Balaban J connectivity index is 1.44. The lowest BCUT2D eigenvalue weighted by atomic mass is 9.90. The van der Waals surface area contributed by atoms with Gasteiger partial charge in [0.2, 0.25) is 0 Å². The average molecular weight is 388 g/mol. The summed E-state index contributed by atoms with van der Waals surface area (Å²) in [5, 5.41) is 0. The third-order valence-electron chi connectivity index (χ3n) is 5.72. The van der Waals surface area contributed by atoms with Crippen molar-refractivity contribution in [1.29, 1.82) is 0 Å². The summed E-state index contributed by atoms with van der Waals surface area (Å²) in [6.45, 7) is 4.47. The molecule has 0 aliphatic carbocycles. The molecule has 0 spiro atoms. The number of ether oxygens (including phenoxy) is 2. The van der Waals surface area contributed by atoms with Crippen molar-refractivity contribution in [3.8, 4) is 17.0 Å². The first-order valence-corrected chi connectivity index (χ1v) is 10.2. The van der Waals surface area contributed by atoms with Crippen molar-refractivity contribution < 1.29 is 14.3 Å². The van der Waals surface area contributed by atoms with Gasteiger partial charge in [0.25, 0.3) is 0 Å². The van der Waals surface area contributed by atoms with Gasteiger partial charge >= 0.3 is 0 Å². The molecule has 0 bridgehead atoms. The number of hydrogen-bond acceptors (Lipinski definition) is 4. The van der Waals surface area contributed by atoms with Gasteiger partial charge in [-0.25, -0.2) is 4.98 Å². The van der Waals surface area contributed by atoms with Crippen molar-refractivity contribution >= 4 is 5.78 Å². The molecule has 2 aliphatic rings. The smallest absolute Gasteiger partial charge is 0.183 e. The number of carbonyl (C=O) groups excluding carboxylic acids is 1. The highest BCUT2D eigenvalue weighted by Gasteiger charge is 2.29. The van der Waals surface area contributed by atoms with Crippen molar-refractivity contribution in [3.63, 3.8) is 0 Å². The number of rotatable bonds is 4. The van der Waals surface area contributed by atoms with E-state index in [1.165, 1.54) is 11.1 Å². The highest BCUT2D eigenvalue weighted by molar-refractivity contribution is 6.00. The zero-order valence-corrected chi connectivity index (χ0v) is 16.6.